The molecule has 0 radical (unpaired) electrons. The van der Waals surface area contributed by atoms with E-state index in [9.17, 15) is 33.5 Å². The largest absolute Gasteiger partial charge is 0.504 e. The highest BCUT2D eigenvalue weighted by molar-refractivity contribution is 6.30. The number of ether oxygens (including phenoxy) is 1. The van der Waals surface area contributed by atoms with Crippen LogP contribution in [0, 0.1) is 35.4 Å². The molecule has 2 aliphatic heterocycles. The average Bonchev–Trinajstić information content (AvgIpc) is 3.47. The van der Waals surface area contributed by atoms with Gasteiger partial charge in [-0.2, -0.15) is 9.91 Å². The van der Waals surface area contributed by atoms with Gasteiger partial charge in [-0.25, -0.2) is 9.18 Å². The van der Waals surface area contributed by atoms with Crippen molar-refractivity contribution in [2.75, 3.05) is 12.5 Å². The SMILES string of the molecule is COc1cc(C=C[C@H]2C3=CC[C@@H]4C(=O)N(C(N)=O)C(=O)[C@@H]4[C@@H]3C[C@H]3C(=O)N(Nc4ccc(F)cc4)C(=O)[C@@]23c2ccc(Cl)cc2)ccc1O. The van der Waals surface area contributed by atoms with Gasteiger partial charge in [-0.05, 0) is 78.4 Å². The Labute approximate surface area is 284 Å². The lowest BCUT2D eigenvalue weighted by molar-refractivity contribution is -0.139. The van der Waals surface area contributed by atoms with Gasteiger partial charge in [0, 0.05) is 10.9 Å². The van der Waals surface area contributed by atoms with E-state index in [2.05, 4.69) is 5.43 Å². The second-order valence-electron chi connectivity index (χ2n) is 12.6. The molecule has 11 nitrogen and oxygen atoms in total. The summed E-state index contributed by atoms with van der Waals surface area (Å²) in [5, 5.41) is 11.5. The van der Waals surface area contributed by atoms with Crippen molar-refractivity contribution in [3.05, 3.63) is 106 Å². The number of hydrazine groups is 1. The molecule has 250 valence electrons. The van der Waals surface area contributed by atoms with E-state index in [0.29, 0.717) is 32.3 Å². The number of benzene rings is 3. The molecule has 7 rings (SSSR count). The number of amides is 6. The first-order valence-electron chi connectivity index (χ1n) is 15.6. The van der Waals surface area contributed by atoms with Crippen molar-refractivity contribution in [1.29, 1.82) is 0 Å². The number of rotatable bonds is 6. The van der Waals surface area contributed by atoms with Crippen LogP contribution in [-0.2, 0) is 24.6 Å². The highest BCUT2D eigenvalue weighted by Gasteiger charge is 2.69. The topological polar surface area (TPSA) is 159 Å². The van der Waals surface area contributed by atoms with Crippen LogP contribution in [0.2, 0.25) is 5.02 Å². The fourth-order valence-electron chi connectivity index (χ4n) is 8.12. The van der Waals surface area contributed by atoms with Crippen molar-refractivity contribution < 1.29 is 38.2 Å². The maximum absolute atomic E-state index is 15.0. The van der Waals surface area contributed by atoms with Crippen LogP contribution < -0.4 is 15.9 Å². The van der Waals surface area contributed by atoms with Crippen LogP contribution in [0.5, 0.6) is 11.5 Å². The van der Waals surface area contributed by atoms with Gasteiger partial charge in [-0.15, -0.1) is 0 Å². The number of primary amides is 1. The monoisotopic (exact) mass is 684 g/mol. The Morgan fingerprint density at radius 3 is 2.41 bits per heavy atom. The molecule has 3 fully saturated rings. The predicted octanol–water partition coefficient (Wildman–Crippen LogP) is 4.80. The third-order valence-corrected chi connectivity index (χ3v) is 10.5. The minimum Gasteiger partial charge on any atom is -0.504 e. The maximum Gasteiger partial charge on any atom is 0.328 e. The Morgan fingerprint density at radius 2 is 1.73 bits per heavy atom. The number of allylic oxidation sites excluding steroid dienone is 3. The molecule has 0 bridgehead atoms. The van der Waals surface area contributed by atoms with Crippen LogP contribution in [0.25, 0.3) is 6.08 Å². The number of hydrogen-bond donors (Lipinski definition) is 3. The van der Waals surface area contributed by atoms with Gasteiger partial charge < -0.3 is 15.6 Å². The number of likely N-dealkylation sites (tertiary alicyclic amines) is 1. The molecule has 3 aromatic rings. The quantitative estimate of drug-likeness (QED) is 0.247. The fraction of sp³-hybridized carbons (Fsp3) is 0.250. The summed E-state index contributed by atoms with van der Waals surface area (Å²) >= 11 is 6.29. The van der Waals surface area contributed by atoms with E-state index < -0.39 is 70.5 Å². The smallest absolute Gasteiger partial charge is 0.328 e. The molecule has 13 heteroatoms. The lowest BCUT2D eigenvalue weighted by atomic mass is 9.50. The second-order valence-corrected chi connectivity index (χ2v) is 13.0. The number of fused-ring (bicyclic) bond motifs is 4. The summed E-state index contributed by atoms with van der Waals surface area (Å²) < 4.78 is 19.0. The third kappa shape index (κ3) is 4.88. The summed E-state index contributed by atoms with van der Waals surface area (Å²) in [5.74, 6) is -7.38. The molecule has 4 aliphatic rings. The maximum atomic E-state index is 15.0. The molecule has 0 unspecified atom stereocenters. The number of halogens is 2. The summed E-state index contributed by atoms with van der Waals surface area (Å²) in [4.78, 5) is 69.1. The standard InChI is InChI=1S/C36H30ClFN4O7/c1-49-29-16-18(3-15-28(29)43)2-14-26-23-12-13-24-30(33(46)41(31(24)44)35(39)48)25(23)17-27-32(45)42(40-22-10-8-21(38)9-11-22)34(47)36(26,27)19-4-6-20(37)7-5-19/h2-12,14-16,24-27,30,40,43H,13,17H2,1H3,(H2,39,48)/t24-,25+,26-,27-,30-,36-/m0/s1. The normalized spacial score (nSPS) is 27.6. The molecule has 49 heavy (non-hydrogen) atoms. The van der Waals surface area contributed by atoms with Gasteiger partial charge in [0.15, 0.2) is 11.5 Å². The van der Waals surface area contributed by atoms with E-state index in [1.165, 1.54) is 37.4 Å². The van der Waals surface area contributed by atoms with Crippen LogP contribution >= 0.6 is 11.6 Å². The molecule has 2 saturated heterocycles. The second kappa shape index (κ2) is 11.9. The molecule has 0 aromatic heterocycles. The lowest BCUT2D eigenvalue weighted by Gasteiger charge is -2.49. The van der Waals surface area contributed by atoms with E-state index in [1.54, 1.807) is 48.6 Å². The van der Waals surface area contributed by atoms with Crippen molar-refractivity contribution in [2.24, 2.45) is 35.3 Å². The van der Waals surface area contributed by atoms with Crippen LogP contribution in [0.15, 0.2) is 84.5 Å². The van der Waals surface area contributed by atoms with Crippen LogP contribution in [0.1, 0.15) is 24.0 Å². The number of urea groups is 1. The van der Waals surface area contributed by atoms with Crippen molar-refractivity contribution in [1.82, 2.24) is 9.91 Å². The highest BCUT2D eigenvalue weighted by atomic mass is 35.5. The first kappa shape index (κ1) is 32.1. The Hall–Kier alpha value is -5.49. The van der Waals surface area contributed by atoms with Gasteiger partial charge in [0.1, 0.15) is 5.82 Å². The van der Waals surface area contributed by atoms with Gasteiger partial charge in [0.05, 0.1) is 36.0 Å². The molecule has 0 spiro atoms. The van der Waals surface area contributed by atoms with E-state index >= 15 is 0 Å². The van der Waals surface area contributed by atoms with Crippen molar-refractivity contribution >= 4 is 53.0 Å². The van der Waals surface area contributed by atoms with E-state index in [4.69, 9.17) is 22.1 Å². The first-order chi connectivity index (χ1) is 23.5. The van der Waals surface area contributed by atoms with Gasteiger partial charge in [0.2, 0.25) is 11.8 Å². The first-order valence-corrected chi connectivity index (χ1v) is 15.9. The van der Waals surface area contributed by atoms with Gasteiger partial charge in [0.25, 0.3) is 11.8 Å². The number of imide groups is 4. The van der Waals surface area contributed by atoms with Gasteiger partial charge in [-0.3, -0.25) is 24.6 Å². The van der Waals surface area contributed by atoms with Crippen molar-refractivity contribution in [2.45, 2.75) is 18.3 Å². The van der Waals surface area contributed by atoms with Crippen molar-refractivity contribution in [3.63, 3.8) is 0 Å². The third-order valence-electron chi connectivity index (χ3n) is 10.2. The molecule has 6 amide bonds. The fourth-order valence-corrected chi connectivity index (χ4v) is 8.25. The number of carbonyl (C=O) groups is 5. The summed E-state index contributed by atoms with van der Waals surface area (Å²) in [7, 11) is 1.42. The molecular weight excluding hydrogens is 655 g/mol. The molecular formula is C36H30ClFN4O7. The van der Waals surface area contributed by atoms with Crippen molar-refractivity contribution in [3.8, 4) is 11.5 Å². The van der Waals surface area contributed by atoms with Crippen LogP contribution in [0.3, 0.4) is 0 Å². The molecule has 2 aliphatic carbocycles. The van der Waals surface area contributed by atoms with E-state index in [-0.39, 0.29) is 24.3 Å². The molecule has 6 atom stereocenters. The van der Waals surface area contributed by atoms with E-state index in [1.807, 2.05) is 6.08 Å². The van der Waals surface area contributed by atoms with Crippen LogP contribution in [0.4, 0.5) is 14.9 Å². The zero-order chi connectivity index (χ0) is 34.8. The summed E-state index contributed by atoms with van der Waals surface area (Å²) in [5.41, 5.74) is 8.82. The zero-order valence-electron chi connectivity index (χ0n) is 26.0. The predicted molar refractivity (Wildman–Crippen MR) is 175 cm³/mol. The molecule has 2 heterocycles. The Bertz CT molecular complexity index is 1980. The number of carbonyl (C=O) groups excluding carboxylic acids is 5. The number of phenols is 1. The number of anilines is 1. The lowest BCUT2D eigenvalue weighted by Crippen LogP contribution is -2.54. The number of phenolic OH excluding ortho intramolecular Hbond substituents is 1. The van der Waals surface area contributed by atoms with Gasteiger partial charge in [-0.1, -0.05) is 53.6 Å². The number of nitrogens with zero attached hydrogens (tertiary/aromatic N) is 2. The Balaban J connectivity index is 1.43. The molecule has 4 N–H and O–H groups in total. The average molecular weight is 685 g/mol. The number of nitrogens with two attached hydrogens (primary N) is 1. The molecule has 1 saturated carbocycles. The number of aromatic hydroxyl groups is 1. The zero-order valence-corrected chi connectivity index (χ0v) is 26.8. The number of methoxy groups -OCH3 is 1. The van der Waals surface area contributed by atoms with Crippen LogP contribution in [-0.4, -0.2) is 51.8 Å². The van der Waals surface area contributed by atoms with E-state index in [0.717, 1.165) is 5.01 Å². The Morgan fingerprint density at radius 1 is 1.02 bits per heavy atom. The summed E-state index contributed by atoms with van der Waals surface area (Å²) in [6.45, 7) is 0. The number of hydrogen-bond acceptors (Lipinski definition) is 8. The van der Waals surface area contributed by atoms with Gasteiger partial charge >= 0.3 is 6.03 Å². The summed E-state index contributed by atoms with van der Waals surface area (Å²) in [6.07, 6.45) is 5.47. The Kier molecular flexibility index (Phi) is 7.78. The molecule has 3 aromatic carbocycles. The minimum atomic E-state index is -1.56. The minimum absolute atomic E-state index is 0.00475. The number of nitrogens with one attached hydrogen (secondary N) is 1. The summed E-state index contributed by atoms with van der Waals surface area (Å²) in [6, 6.07) is 15.4. The highest BCUT2D eigenvalue weighted by Crippen LogP contribution is 2.61.